The second kappa shape index (κ2) is 8.33. The minimum absolute atomic E-state index is 0.289. The second-order valence-corrected chi connectivity index (χ2v) is 6.42. The summed E-state index contributed by atoms with van der Waals surface area (Å²) in [5, 5.41) is 0. The van der Waals surface area contributed by atoms with Gasteiger partial charge in [-0.1, -0.05) is 6.92 Å². The maximum Gasteiger partial charge on any atom is 0.340 e. The van der Waals surface area contributed by atoms with Crippen LogP contribution in [-0.2, 0) is 4.74 Å². The van der Waals surface area contributed by atoms with Gasteiger partial charge in [0.05, 0.1) is 31.2 Å². The third-order valence-electron chi connectivity index (χ3n) is 4.36. The Morgan fingerprint density at radius 3 is 2.59 bits per heavy atom. The van der Waals surface area contributed by atoms with Crippen molar-refractivity contribution in [2.45, 2.75) is 32.3 Å². The topological polar surface area (TPSA) is 57.7 Å². The van der Waals surface area contributed by atoms with Gasteiger partial charge in [0, 0.05) is 0 Å². The lowest BCUT2D eigenvalue weighted by Gasteiger charge is -2.18. The molecule has 1 aromatic carbocycles. The molecule has 0 spiro atoms. The molecule has 1 atom stereocenters. The molecule has 0 bridgehead atoms. The molecule has 5 nitrogen and oxygen atoms in total. The van der Waals surface area contributed by atoms with E-state index in [1.165, 1.54) is 18.9 Å². The SMILES string of the molecule is CC[C@@H](Oc1ccc(C(=O)OC)c(F)c1F)c1ccc(OCC2CC2)cn1. The van der Waals surface area contributed by atoms with Crippen molar-refractivity contribution in [3.8, 4) is 11.5 Å². The predicted octanol–water partition coefficient (Wildman–Crippen LogP) is 4.47. The number of benzene rings is 1. The van der Waals surface area contributed by atoms with Crippen molar-refractivity contribution in [2.24, 2.45) is 5.92 Å². The number of halogens is 2. The van der Waals surface area contributed by atoms with Crippen LogP contribution >= 0.6 is 0 Å². The van der Waals surface area contributed by atoms with Crippen LogP contribution in [0.1, 0.15) is 48.3 Å². The summed E-state index contributed by atoms with van der Waals surface area (Å²) >= 11 is 0. The van der Waals surface area contributed by atoms with Gasteiger partial charge in [-0.3, -0.25) is 4.98 Å². The number of esters is 1. The summed E-state index contributed by atoms with van der Waals surface area (Å²) < 4.78 is 44.0. The van der Waals surface area contributed by atoms with Crippen LogP contribution in [0.2, 0.25) is 0 Å². The Morgan fingerprint density at radius 2 is 2.00 bits per heavy atom. The van der Waals surface area contributed by atoms with Crippen LogP contribution in [0, 0.1) is 17.6 Å². The third kappa shape index (κ3) is 4.53. The third-order valence-corrected chi connectivity index (χ3v) is 4.36. The molecule has 1 saturated carbocycles. The number of rotatable bonds is 8. The Morgan fingerprint density at radius 1 is 1.22 bits per heavy atom. The lowest BCUT2D eigenvalue weighted by atomic mass is 10.1. The first-order valence-corrected chi connectivity index (χ1v) is 8.85. The molecule has 1 fully saturated rings. The zero-order chi connectivity index (χ0) is 19.4. The maximum atomic E-state index is 14.3. The first kappa shape index (κ1) is 19.1. The van der Waals surface area contributed by atoms with Crippen molar-refractivity contribution < 1.29 is 27.8 Å². The summed E-state index contributed by atoms with van der Waals surface area (Å²) in [6.07, 6.45) is 3.93. The molecule has 0 radical (unpaired) electrons. The van der Waals surface area contributed by atoms with Crippen molar-refractivity contribution in [3.63, 3.8) is 0 Å². The van der Waals surface area contributed by atoms with Crippen molar-refractivity contribution >= 4 is 5.97 Å². The molecular weight excluding hydrogens is 356 g/mol. The number of hydrogen-bond donors (Lipinski definition) is 0. The summed E-state index contributed by atoms with van der Waals surface area (Å²) in [6.45, 7) is 2.53. The predicted molar refractivity (Wildman–Crippen MR) is 93.8 cm³/mol. The minimum Gasteiger partial charge on any atom is -0.492 e. The summed E-state index contributed by atoms with van der Waals surface area (Å²) in [4.78, 5) is 15.8. The molecule has 1 aliphatic carbocycles. The Bertz CT molecular complexity index is 806. The molecule has 1 heterocycles. The first-order chi connectivity index (χ1) is 13.0. The van der Waals surface area contributed by atoms with E-state index in [1.807, 2.05) is 6.92 Å². The van der Waals surface area contributed by atoms with E-state index in [0.29, 0.717) is 30.4 Å². The van der Waals surface area contributed by atoms with E-state index in [9.17, 15) is 13.6 Å². The zero-order valence-corrected chi connectivity index (χ0v) is 15.2. The smallest absolute Gasteiger partial charge is 0.340 e. The fourth-order valence-electron chi connectivity index (χ4n) is 2.56. The van der Waals surface area contributed by atoms with E-state index >= 15 is 0 Å². The van der Waals surface area contributed by atoms with Crippen molar-refractivity contribution in [1.29, 1.82) is 0 Å². The van der Waals surface area contributed by atoms with Gasteiger partial charge in [-0.05, 0) is 49.4 Å². The Hall–Kier alpha value is -2.70. The lowest BCUT2D eigenvalue weighted by Crippen LogP contribution is -2.12. The number of carbonyl (C=O) groups is 1. The Labute approximate surface area is 156 Å². The molecule has 7 heteroatoms. The van der Waals surface area contributed by atoms with Gasteiger partial charge in [-0.2, -0.15) is 4.39 Å². The highest BCUT2D eigenvalue weighted by molar-refractivity contribution is 5.89. The molecule has 1 aliphatic rings. The second-order valence-electron chi connectivity index (χ2n) is 6.42. The molecule has 3 rings (SSSR count). The van der Waals surface area contributed by atoms with E-state index in [4.69, 9.17) is 9.47 Å². The van der Waals surface area contributed by atoms with Crippen molar-refractivity contribution in [3.05, 3.63) is 53.4 Å². The van der Waals surface area contributed by atoms with E-state index in [2.05, 4.69) is 9.72 Å². The van der Waals surface area contributed by atoms with Gasteiger partial charge >= 0.3 is 5.97 Å². The number of ether oxygens (including phenoxy) is 3. The molecule has 0 saturated heterocycles. The summed E-state index contributed by atoms with van der Waals surface area (Å²) in [7, 11) is 1.10. The number of pyridine rings is 1. The number of carbonyl (C=O) groups excluding carboxylic acids is 1. The summed E-state index contributed by atoms with van der Waals surface area (Å²) in [5.41, 5.74) is 0.0961. The summed E-state index contributed by atoms with van der Waals surface area (Å²) in [6, 6.07) is 5.87. The average Bonchev–Trinajstić information content (AvgIpc) is 3.52. The van der Waals surface area contributed by atoms with Crippen LogP contribution in [0.3, 0.4) is 0 Å². The minimum atomic E-state index is -1.30. The quantitative estimate of drug-likeness (QED) is 0.636. The lowest BCUT2D eigenvalue weighted by molar-refractivity contribution is 0.0594. The molecular formula is C20H21F2NO4. The van der Waals surface area contributed by atoms with E-state index in [1.54, 1.807) is 18.3 Å². The molecule has 0 unspecified atom stereocenters. The Balaban J connectivity index is 1.72. The van der Waals surface area contributed by atoms with Crippen molar-refractivity contribution in [1.82, 2.24) is 4.98 Å². The van der Waals surface area contributed by atoms with Gasteiger partial charge in [-0.15, -0.1) is 0 Å². The molecule has 0 amide bonds. The number of aromatic nitrogens is 1. The van der Waals surface area contributed by atoms with Crippen LogP contribution in [-0.4, -0.2) is 24.7 Å². The number of hydrogen-bond acceptors (Lipinski definition) is 5. The number of nitrogens with zero attached hydrogens (tertiary/aromatic N) is 1. The molecule has 144 valence electrons. The van der Waals surface area contributed by atoms with Crippen LogP contribution in [0.15, 0.2) is 30.5 Å². The molecule has 1 aromatic heterocycles. The standard InChI is InChI=1S/C20H21F2NO4/c1-3-16(15-8-6-13(10-23-15)26-11-12-4-5-12)27-17-9-7-14(20(24)25-2)18(21)19(17)22/h6-10,12,16H,3-5,11H2,1-2H3/t16-/m1/s1. The highest BCUT2D eigenvalue weighted by Crippen LogP contribution is 2.31. The van der Waals surface area contributed by atoms with Crippen molar-refractivity contribution in [2.75, 3.05) is 13.7 Å². The van der Waals surface area contributed by atoms with Gasteiger partial charge in [0.1, 0.15) is 11.9 Å². The normalized spacial score (nSPS) is 14.5. The Kier molecular flexibility index (Phi) is 5.88. The average molecular weight is 377 g/mol. The number of methoxy groups -OCH3 is 1. The largest absolute Gasteiger partial charge is 0.492 e. The fraction of sp³-hybridized carbons (Fsp3) is 0.400. The van der Waals surface area contributed by atoms with Gasteiger partial charge in [0.25, 0.3) is 0 Å². The molecule has 2 aromatic rings. The highest BCUT2D eigenvalue weighted by atomic mass is 19.2. The van der Waals surface area contributed by atoms with Crippen LogP contribution < -0.4 is 9.47 Å². The molecule has 0 aliphatic heterocycles. The first-order valence-electron chi connectivity index (χ1n) is 8.85. The van der Waals surface area contributed by atoms with Gasteiger partial charge in [0.15, 0.2) is 11.6 Å². The zero-order valence-electron chi connectivity index (χ0n) is 15.2. The van der Waals surface area contributed by atoms with Gasteiger partial charge in [-0.25, -0.2) is 9.18 Å². The van der Waals surface area contributed by atoms with Gasteiger partial charge < -0.3 is 14.2 Å². The maximum absolute atomic E-state index is 14.3. The van der Waals surface area contributed by atoms with Gasteiger partial charge in [0.2, 0.25) is 5.82 Å². The monoisotopic (exact) mass is 377 g/mol. The molecule has 0 N–H and O–H groups in total. The summed E-state index contributed by atoms with van der Waals surface area (Å²) in [5.74, 6) is -2.47. The van der Waals surface area contributed by atoms with E-state index < -0.39 is 29.3 Å². The fourth-order valence-corrected chi connectivity index (χ4v) is 2.56. The highest BCUT2D eigenvalue weighted by Gasteiger charge is 2.23. The van der Waals surface area contributed by atoms with Crippen LogP contribution in [0.5, 0.6) is 11.5 Å². The molecule has 27 heavy (non-hydrogen) atoms. The van der Waals surface area contributed by atoms with Crippen LogP contribution in [0.4, 0.5) is 8.78 Å². The van der Waals surface area contributed by atoms with E-state index in [0.717, 1.165) is 13.2 Å². The van der Waals surface area contributed by atoms with Crippen LogP contribution in [0.25, 0.3) is 0 Å². The van der Waals surface area contributed by atoms with E-state index in [-0.39, 0.29) is 5.75 Å².